The molecule has 1 aromatic carbocycles. The fourth-order valence-electron chi connectivity index (χ4n) is 3.52. The van der Waals surface area contributed by atoms with Gasteiger partial charge in [-0.1, -0.05) is 26.7 Å². The molecular formula is C17H22BrFO2. The minimum absolute atomic E-state index is 0.103. The van der Waals surface area contributed by atoms with E-state index < -0.39 is 5.82 Å². The second kappa shape index (κ2) is 6.47. The van der Waals surface area contributed by atoms with Gasteiger partial charge in [0, 0.05) is 11.5 Å². The van der Waals surface area contributed by atoms with Crippen LogP contribution >= 0.6 is 15.9 Å². The summed E-state index contributed by atoms with van der Waals surface area (Å²) in [5, 5.41) is 0. The van der Waals surface area contributed by atoms with Crippen LogP contribution in [0.5, 0.6) is 5.75 Å². The van der Waals surface area contributed by atoms with Crippen molar-refractivity contribution in [2.24, 2.45) is 11.3 Å². The third-order valence-electron chi connectivity index (χ3n) is 4.33. The molecule has 0 amide bonds. The molecule has 4 heteroatoms. The van der Waals surface area contributed by atoms with E-state index in [-0.39, 0.29) is 11.2 Å². The van der Waals surface area contributed by atoms with Crippen molar-refractivity contribution in [3.05, 3.63) is 28.0 Å². The number of Topliss-reactive ketones (excluding diaryl/α,β-unsaturated/α-hetero) is 1. The molecule has 0 aromatic heterocycles. The Bertz CT molecular complexity index is 534. The fourth-order valence-corrected chi connectivity index (χ4v) is 3.86. The van der Waals surface area contributed by atoms with Crippen molar-refractivity contribution in [3.63, 3.8) is 0 Å². The van der Waals surface area contributed by atoms with Crippen LogP contribution in [0.4, 0.5) is 4.39 Å². The highest BCUT2D eigenvalue weighted by atomic mass is 79.9. The van der Waals surface area contributed by atoms with Crippen LogP contribution in [0.3, 0.4) is 0 Å². The number of carbonyl (C=O) groups excluding carboxylic acids is 1. The molecule has 0 unspecified atom stereocenters. The first-order valence-electron chi connectivity index (χ1n) is 7.47. The second-order valence-corrected chi connectivity index (χ2v) is 7.24. The van der Waals surface area contributed by atoms with Crippen molar-refractivity contribution >= 4 is 21.7 Å². The molecule has 116 valence electrons. The van der Waals surface area contributed by atoms with E-state index in [4.69, 9.17) is 4.74 Å². The van der Waals surface area contributed by atoms with Crippen LogP contribution in [-0.4, -0.2) is 12.9 Å². The van der Waals surface area contributed by atoms with Crippen molar-refractivity contribution in [1.29, 1.82) is 0 Å². The zero-order valence-corrected chi connectivity index (χ0v) is 14.4. The highest BCUT2D eigenvalue weighted by Crippen LogP contribution is 2.47. The van der Waals surface area contributed by atoms with E-state index in [1.165, 1.54) is 13.2 Å². The van der Waals surface area contributed by atoms with Crippen LogP contribution in [0.2, 0.25) is 0 Å². The summed E-state index contributed by atoms with van der Waals surface area (Å²) in [6.45, 7) is 4.29. The van der Waals surface area contributed by atoms with E-state index >= 15 is 0 Å². The van der Waals surface area contributed by atoms with Gasteiger partial charge in [0.15, 0.2) is 5.78 Å². The lowest BCUT2D eigenvalue weighted by Gasteiger charge is -2.30. The minimum atomic E-state index is -0.410. The number of halogens is 2. The summed E-state index contributed by atoms with van der Waals surface area (Å²) in [5.74, 6) is 0.483. The number of methoxy groups -OCH3 is 1. The lowest BCUT2D eigenvalue weighted by molar-refractivity contribution is 0.0756. The van der Waals surface area contributed by atoms with Gasteiger partial charge in [0.25, 0.3) is 0 Å². The summed E-state index contributed by atoms with van der Waals surface area (Å²) in [4.78, 5) is 13.1. The maximum atomic E-state index is 13.7. The zero-order chi connectivity index (χ0) is 15.6. The quantitative estimate of drug-likeness (QED) is 0.661. The molecule has 2 rings (SSSR count). The topological polar surface area (TPSA) is 26.3 Å². The van der Waals surface area contributed by atoms with E-state index in [2.05, 4.69) is 29.8 Å². The van der Waals surface area contributed by atoms with Crippen molar-refractivity contribution in [2.75, 3.05) is 7.11 Å². The number of hydrogen-bond donors (Lipinski definition) is 0. The molecule has 0 aliphatic heterocycles. The third kappa shape index (κ3) is 3.31. The van der Waals surface area contributed by atoms with Crippen molar-refractivity contribution in [1.82, 2.24) is 0 Å². The van der Waals surface area contributed by atoms with Gasteiger partial charge >= 0.3 is 0 Å². The van der Waals surface area contributed by atoms with Crippen LogP contribution < -0.4 is 4.74 Å². The van der Waals surface area contributed by atoms with Crippen LogP contribution in [0.15, 0.2) is 16.6 Å². The summed E-state index contributed by atoms with van der Waals surface area (Å²) >= 11 is 3.17. The lowest BCUT2D eigenvalue weighted by atomic mass is 9.73. The average molecular weight is 357 g/mol. The molecule has 1 fully saturated rings. The van der Waals surface area contributed by atoms with E-state index in [9.17, 15) is 9.18 Å². The molecular weight excluding hydrogens is 335 g/mol. The first kappa shape index (κ1) is 16.5. The number of ketones is 1. The van der Waals surface area contributed by atoms with Crippen molar-refractivity contribution < 1.29 is 13.9 Å². The summed E-state index contributed by atoms with van der Waals surface area (Å²) in [6, 6.07) is 2.85. The Morgan fingerprint density at radius 3 is 2.52 bits per heavy atom. The molecule has 1 saturated carbocycles. The number of rotatable bonds is 5. The molecule has 1 aliphatic carbocycles. The molecule has 21 heavy (non-hydrogen) atoms. The molecule has 0 saturated heterocycles. The van der Waals surface area contributed by atoms with Crippen LogP contribution in [0.25, 0.3) is 0 Å². The van der Waals surface area contributed by atoms with Gasteiger partial charge in [-0.15, -0.1) is 0 Å². The summed E-state index contributed by atoms with van der Waals surface area (Å²) < 4.78 is 19.2. The van der Waals surface area contributed by atoms with Gasteiger partial charge in [-0.2, -0.15) is 0 Å². The smallest absolute Gasteiger partial charge is 0.172 e. The van der Waals surface area contributed by atoms with Crippen molar-refractivity contribution in [2.45, 2.75) is 46.0 Å². The largest absolute Gasteiger partial charge is 0.496 e. The van der Waals surface area contributed by atoms with E-state index in [0.717, 1.165) is 32.1 Å². The van der Waals surface area contributed by atoms with Gasteiger partial charge in [-0.05, 0) is 47.2 Å². The van der Waals surface area contributed by atoms with Gasteiger partial charge in [-0.25, -0.2) is 4.39 Å². The SMILES string of the molecule is COc1cc(F)c(Br)cc1C(=O)C1(CC(C)C)CCCC1. The maximum absolute atomic E-state index is 13.7. The van der Waals surface area contributed by atoms with Crippen LogP contribution in [0.1, 0.15) is 56.3 Å². The fraction of sp³-hybridized carbons (Fsp3) is 0.588. The molecule has 0 bridgehead atoms. The monoisotopic (exact) mass is 356 g/mol. The molecule has 0 heterocycles. The Labute approximate surface area is 134 Å². The summed E-state index contributed by atoms with van der Waals surface area (Å²) in [5.41, 5.74) is 0.187. The predicted molar refractivity (Wildman–Crippen MR) is 85.3 cm³/mol. The molecule has 0 N–H and O–H groups in total. The number of carbonyl (C=O) groups is 1. The van der Waals surface area contributed by atoms with Gasteiger partial charge < -0.3 is 4.74 Å². The van der Waals surface area contributed by atoms with Crippen LogP contribution in [0, 0.1) is 17.2 Å². The van der Waals surface area contributed by atoms with Gasteiger partial charge in [-0.3, -0.25) is 4.79 Å². The third-order valence-corrected chi connectivity index (χ3v) is 4.94. The molecule has 1 aromatic rings. The Morgan fingerprint density at radius 2 is 2.00 bits per heavy atom. The summed E-state index contributed by atoms with van der Waals surface area (Å²) in [7, 11) is 1.48. The standard InChI is InChI=1S/C17H22BrFO2/c1-11(2)10-17(6-4-5-7-17)16(20)12-8-13(18)14(19)9-15(12)21-3/h8-9,11H,4-7,10H2,1-3H3. The maximum Gasteiger partial charge on any atom is 0.172 e. The number of benzene rings is 1. The van der Waals surface area contributed by atoms with E-state index in [1.807, 2.05) is 0 Å². The first-order valence-corrected chi connectivity index (χ1v) is 8.27. The highest BCUT2D eigenvalue weighted by molar-refractivity contribution is 9.10. The Hall–Kier alpha value is -0.900. The van der Waals surface area contributed by atoms with Gasteiger partial charge in [0.05, 0.1) is 17.1 Å². The predicted octanol–water partition coefficient (Wildman–Crippen LogP) is 5.39. The van der Waals surface area contributed by atoms with Gasteiger partial charge in [0.1, 0.15) is 11.6 Å². The Morgan fingerprint density at radius 1 is 1.38 bits per heavy atom. The minimum Gasteiger partial charge on any atom is -0.496 e. The van der Waals surface area contributed by atoms with Gasteiger partial charge in [0.2, 0.25) is 0 Å². The Kier molecular flexibility index (Phi) is 5.07. The van der Waals surface area contributed by atoms with Crippen molar-refractivity contribution in [3.8, 4) is 5.75 Å². The van der Waals surface area contributed by atoms with Crippen LogP contribution in [-0.2, 0) is 0 Å². The molecule has 0 radical (unpaired) electrons. The average Bonchev–Trinajstić information content (AvgIpc) is 2.89. The first-order chi connectivity index (χ1) is 9.89. The zero-order valence-electron chi connectivity index (χ0n) is 12.8. The number of hydrogen-bond acceptors (Lipinski definition) is 2. The molecule has 1 aliphatic rings. The number of ether oxygens (including phenoxy) is 1. The molecule has 0 spiro atoms. The lowest BCUT2D eigenvalue weighted by Crippen LogP contribution is -2.30. The highest BCUT2D eigenvalue weighted by Gasteiger charge is 2.42. The second-order valence-electron chi connectivity index (χ2n) is 6.38. The normalized spacial score (nSPS) is 17.2. The molecule has 2 nitrogen and oxygen atoms in total. The van der Waals surface area contributed by atoms with E-state index in [1.54, 1.807) is 6.07 Å². The summed E-state index contributed by atoms with van der Waals surface area (Å²) in [6.07, 6.45) is 4.89. The Balaban J connectivity index is 2.44. The van der Waals surface area contributed by atoms with E-state index in [0.29, 0.717) is 21.7 Å². The molecule has 0 atom stereocenters.